The molecular weight excluding hydrogens is 236 g/mol. The SMILES string of the molecule is CCOC(=O)c1csc(N2CCC(C)(C)C2)n1. The number of carbonyl (C=O) groups is 1. The Balaban J connectivity index is 2.06. The molecule has 94 valence electrons. The first-order chi connectivity index (χ1) is 8.02. The van der Waals surface area contributed by atoms with Crippen molar-refractivity contribution in [2.75, 3.05) is 24.6 Å². The van der Waals surface area contributed by atoms with Crippen LogP contribution >= 0.6 is 11.3 Å². The van der Waals surface area contributed by atoms with Gasteiger partial charge in [0.1, 0.15) is 0 Å². The van der Waals surface area contributed by atoms with Gasteiger partial charge in [0.25, 0.3) is 0 Å². The van der Waals surface area contributed by atoms with Gasteiger partial charge < -0.3 is 9.64 Å². The molecule has 0 aliphatic carbocycles. The van der Waals surface area contributed by atoms with Crippen LogP contribution < -0.4 is 4.90 Å². The second-order valence-electron chi connectivity index (χ2n) is 5.07. The van der Waals surface area contributed by atoms with Crippen LogP contribution in [0.3, 0.4) is 0 Å². The number of hydrogen-bond acceptors (Lipinski definition) is 5. The van der Waals surface area contributed by atoms with E-state index in [0.717, 1.165) is 18.2 Å². The van der Waals surface area contributed by atoms with Gasteiger partial charge in [0, 0.05) is 18.5 Å². The molecule has 1 aliphatic heterocycles. The van der Waals surface area contributed by atoms with E-state index >= 15 is 0 Å². The lowest BCUT2D eigenvalue weighted by molar-refractivity contribution is 0.0520. The summed E-state index contributed by atoms with van der Waals surface area (Å²) >= 11 is 1.52. The Morgan fingerprint density at radius 1 is 1.65 bits per heavy atom. The van der Waals surface area contributed by atoms with Gasteiger partial charge in [-0.25, -0.2) is 9.78 Å². The van der Waals surface area contributed by atoms with Crippen LogP contribution in [0.5, 0.6) is 0 Å². The normalized spacial score (nSPS) is 18.4. The summed E-state index contributed by atoms with van der Waals surface area (Å²) in [5.41, 5.74) is 0.770. The smallest absolute Gasteiger partial charge is 0.357 e. The first-order valence-corrected chi connectivity index (χ1v) is 6.77. The molecule has 5 heteroatoms. The van der Waals surface area contributed by atoms with E-state index in [9.17, 15) is 4.79 Å². The lowest BCUT2D eigenvalue weighted by atomic mass is 9.93. The molecule has 0 spiro atoms. The summed E-state index contributed by atoms with van der Waals surface area (Å²) in [4.78, 5) is 18.1. The summed E-state index contributed by atoms with van der Waals surface area (Å²) in [5, 5.41) is 2.71. The van der Waals surface area contributed by atoms with Crippen LogP contribution in [0.1, 0.15) is 37.7 Å². The lowest BCUT2D eigenvalue weighted by Crippen LogP contribution is -2.22. The van der Waals surface area contributed by atoms with Crippen molar-refractivity contribution in [2.24, 2.45) is 5.41 Å². The third kappa shape index (κ3) is 2.77. The fourth-order valence-corrected chi connectivity index (χ4v) is 2.81. The average Bonchev–Trinajstić information content (AvgIpc) is 2.84. The third-order valence-electron chi connectivity index (χ3n) is 2.92. The highest BCUT2D eigenvalue weighted by molar-refractivity contribution is 7.13. The zero-order valence-electron chi connectivity index (χ0n) is 10.5. The number of ether oxygens (including phenoxy) is 1. The maximum absolute atomic E-state index is 11.5. The van der Waals surface area contributed by atoms with E-state index in [0.29, 0.717) is 17.7 Å². The highest BCUT2D eigenvalue weighted by Crippen LogP contribution is 2.33. The molecule has 1 aromatic heterocycles. The van der Waals surface area contributed by atoms with E-state index < -0.39 is 0 Å². The zero-order valence-corrected chi connectivity index (χ0v) is 11.3. The molecule has 2 heterocycles. The van der Waals surface area contributed by atoms with Crippen LogP contribution in [-0.4, -0.2) is 30.6 Å². The average molecular weight is 254 g/mol. The predicted molar refractivity (Wildman–Crippen MR) is 68.7 cm³/mol. The van der Waals surface area contributed by atoms with Crippen molar-refractivity contribution >= 4 is 22.4 Å². The second kappa shape index (κ2) is 4.64. The molecule has 17 heavy (non-hydrogen) atoms. The number of esters is 1. The summed E-state index contributed by atoms with van der Waals surface area (Å²) in [6.45, 7) is 8.72. The molecular formula is C12H18N2O2S. The molecule has 2 rings (SSSR count). The standard InChI is InChI=1S/C12H18N2O2S/c1-4-16-10(15)9-7-17-11(13-9)14-6-5-12(2,3)8-14/h7H,4-6,8H2,1-3H3. The summed E-state index contributed by atoms with van der Waals surface area (Å²) in [6, 6.07) is 0. The van der Waals surface area contributed by atoms with Gasteiger partial charge in [-0.3, -0.25) is 0 Å². The minimum Gasteiger partial charge on any atom is -0.461 e. The molecule has 0 atom stereocenters. The van der Waals surface area contributed by atoms with Crippen molar-refractivity contribution in [3.63, 3.8) is 0 Å². The number of aromatic nitrogens is 1. The Labute approximate surface area is 106 Å². The molecule has 1 aromatic rings. The minimum atomic E-state index is -0.326. The zero-order chi connectivity index (χ0) is 12.5. The molecule has 0 N–H and O–H groups in total. The number of rotatable bonds is 3. The van der Waals surface area contributed by atoms with Gasteiger partial charge in [-0.2, -0.15) is 0 Å². The van der Waals surface area contributed by atoms with Gasteiger partial charge in [0.15, 0.2) is 10.8 Å². The molecule has 1 fully saturated rings. The fraction of sp³-hybridized carbons (Fsp3) is 0.667. The van der Waals surface area contributed by atoms with Crippen molar-refractivity contribution in [3.8, 4) is 0 Å². The molecule has 1 aliphatic rings. The van der Waals surface area contributed by atoms with Crippen molar-refractivity contribution in [1.82, 2.24) is 4.98 Å². The third-order valence-corrected chi connectivity index (χ3v) is 3.83. The lowest BCUT2D eigenvalue weighted by Gasteiger charge is -2.18. The van der Waals surface area contributed by atoms with E-state index in [2.05, 4.69) is 23.7 Å². The second-order valence-corrected chi connectivity index (χ2v) is 5.91. The Kier molecular flexibility index (Phi) is 3.38. The molecule has 1 saturated heterocycles. The Morgan fingerprint density at radius 2 is 2.41 bits per heavy atom. The Hall–Kier alpha value is -1.10. The van der Waals surface area contributed by atoms with E-state index in [1.807, 2.05) is 0 Å². The largest absolute Gasteiger partial charge is 0.461 e. The summed E-state index contributed by atoms with van der Waals surface area (Å²) in [5.74, 6) is -0.326. The van der Waals surface area contributed by atoms with Crippen molar-refractivity contribution in [3.05, 3.63) is 11.1 Å². The van der Waals surface area contributed by atoms with Crippen LogP contribution in [-0.2, 0) is 4.74 Å². The highest BCUT2D eigenvalue weighted by Gasteiger charge is 2.31. The number of hydrogen-bond donors (Lipinski definition) is 0. The number of thiazole rings is 1. The quantitative estimate of drug-likeness (QED) is 0.777. The molecule has 0 radical (unpaired) electrons. The monoisotopic (exact) mass is 254 g/mol. The van der Waals surface area contributed by atoms with Crippen molar-refractivity contribution in [2.45, 2.75) is 27.2 Å². The van der Waals surface area contributed by atoms with Crippen LogP contribution in [0.15, 0.2) is 5.38 Å². The summed E-state index contributed by atoms with van der Waals surface area (Å²) < 4.78 is 4.93. The number of carbonyl (C=O) groups excluding carboxylic acids is 1. The molecule has 0 aromatic carbocycles. The van der Waals surface area contributed by atoms with Gasteiger partial charge in [0.2, 0.25) is 0 Å². The van der Waals surface area contributed by atoms with Gasteiger partial charge in [-0.1, -0.05) is 13.8 Å². The molecule has 4 nitrogen and oxygen atoms in total. The van der Waals surface area contributed by atoms with E-state index in [-0.39, 0.29) is 5.97 Å². The highest BCUT2D eigenvalue weighted by atomic mass is 32.1. The first-order valence-electron chi connectivity index (χ1n) is 5.89. The topological polar surface area (TPSA) is 42.4 Å². The fourth-order valence-electron chi connectivity index (χ4n) is 1.98. The maximum atomic E-state index is 11.5. The van der Waals surface area contributed by atoms with Crippen molar-refractivity contribution < 1.29 is 9.53 Å². The maximum Gasteiger partial charge on any atom is 0.357 e. The van der Waals surface area contributed by atoms with E-state index in [1.165, 1.54) is 17.8 Å². The summed E-state index contributed by atoms with van der Waals surface area (Å²) in [7, 11) is 0. The van der Waals surface area contributed by atoms with E-state index in [4.69, 9.17) is 4.74 Å². The van der Waals surface area contributed by atoms with Crippen molar-refractivity contribution in [1.29, 1.82) is 0 Å². The van der Waals surface area contributed by atoms with Gasteiger partial charge in [0.05, 0.1) is 6.61 Å². The first kappa shape index (κ1) is 12.4. The van der Waals surface area contributed by atoms with E-state index in [1.54, 1.807) is 12.3 Å². The van der Waals surface area contributed by atoms with Crippen LogP contribution in [0.2, 0.25) is 0 Å². The van der Waals surface area contributed by atoms with Gasteiger partial charge >= 0.3 is 5.97 Å². The Bertz CT molecular complexity index is 414. The molecule has 0 unspecified atom stereocenters. The number of nitrogens with zero attached hydrogens (tertiary/aromatic N) is 2. The molecule has 0 saturated carbocycles. The Morgan fingerprint density at radius 3 is 3.00 bits per heavy atom. The predicted octanol–water partition coefficient (Wildman–Crippen LogP) is 2.56. The summed E-state index contributed by atoms with van der Waals surface area (Å²) in [6.07, 6.45) is 1.17. The van der Waals surface area contributed by atoms with Crippen LogP contribution in [0, 0.1) is 5.41 Å². The van der Waals surface area contributed by atoms with Crippen LogP contribution in [0.25, 0.3) is 0 Å². The molecule has 0 amide bonds. The minimum absolute atomic E-state index is 0.326. The van der Waals surface area contributed by atoms with Gasteiger partial charge in [-0.05, 0) is 18.8 Å². The van der Waals surface area contributed by atoms with Crippen LogP contribution in [0.4, 0.5) is 5.13 Å². The number of anilines is 1. The molecule has 0 bridgehead atoms. The van der Waals surface area contributed by atoms with Gasteiger partial charge in [-0.15, -0.1) is 11.3 Å².